The van der Waals surface area contributed by atoms with Crippen molar-refractivity contribution in [2.75, 3.05) is 18.6 Å². The van der Waals surface area contributed by atoms with Crippen molar-refractivity contribution >= 4 is 29.2 Å². The van der Waals surface area contributed by atoms with E-state index >= 15 is 0 Å². The molecule has 0 amide bonds. The molecule has 1 heterocycles. The number of phenolic OH excluding ortho intramolecular Hbond substituents is 1. The van der Waals surface area contributed by atoms with Crippen LogP contribution in [0.3, 0.4) is 0 Å². The van der Waals surface area contributed by atoms with Gasteiger partial charge in [0.2, 0.25) is 0 Å². The summed E-state index contributed by atoms with van der Waals surface area (Å²) in [5.41, 5.74) is 13.1. The molecule has 0 saturated heterocycles. The highest BCUT2D eigenvalue weighted by atomic mass is 32.2. The minimum absolute atomic E-state index is 0.0308. The van der Waals surface area contributed by atoms with Gasteiger partial charge in [0.25, 0.3) is 0 Å². The van der Waals surface area contributed by atoms with Crippen molar-refractivity contribution in [1.82, 2.24) is 4.98 Å². The van der Waals surface area contributed by atoms with Crippen molar-refractivity contribution in [1.29, 1.82) is 5.26 Å². The van der Waals surface area contributed by atoms with Crippen molar-refractivity contribution in [3.8, 4) is 22.9 Å². The number of methoxy groups -OCH3 is 1. The summed E-state index contributed by atoms with van der Waals surface area (Å²) in [5, 5.41) is 19.0. The van der Waals surface area contributed by atoms with Gasteiger partial charge in [0.15, 0.2) is 0 Å². The molecule has 0 spiro atoms. The number of hydrogen-bond donors (Lipinski definition) is 3. The van der Waals surface area contributed by atoms with Gasteiger partial charge in [0, 0.05) is 5.56 Å². The molecule has 0 fully saturated rings. The average molecular weight is 344 g/mol. The first kappa shape index (κ1) is 17.4. The van der Waals surface area contributed by atoms with Crippen LogP contribution in [0.25, 0.3) is 11.1 Å². The normalized spacial score (nSPS) is 11.5. The SMILES string of the molecule is COC(=O)C(C)Sc1nc(N)c(N)c(-c2cccc(O)c2)c1C#N. The minimum Gasteiger partial charge on any atom is -0.508 e. The van der Waals surface area contributed by atoms with Gasteiger partial charge in [-0.05, 0) is 24.6 Å². The van der Waals surface area contributed by atoms with Crippen molar-refractivity contribution in [3.63, 3.8) is 0 Å². The summed E-state index contributed by atoms with van der Waals surface area (Å²) in [6, 6.07) is 8.37. The van der Waals surface area contributed by atoms with Crippen molar-refractivity contribution in [2.24, 2.45) is 0 Å². The summed E-state index contributed by atoms with van der Waals surface area (Å²) in [7, 11) is 1.29. The molecule has 5 N–H and O–H groups in total. The van der Waals surface area contributed by atoms with Gasteiger partial charge in [0.1, 0.15) is 27.9 Å². The minimum atomic E-state index is -0.574. The van der Waals surface area contributed by atoms with Gasteiger partial charge in [-0.25, -0.2) is 4.98 Å². The van der Waals surface area contributed by atoms with Crippen LogP contribution in [0.5, 0.6) is 5.75 Å². The highest BCUT2D eigenvalue weighted by Gasteiger charge is 2.23. The van der Waals surface area contributed by atoms with Crippen molar-refractivity contribution in [2.45, 2.75) is 17.2 Å². The Morgan fingerprint density at radius 2 is 2.17 bits per heavy atom. The number of aromatic hydroxyl groups is 1. The quantitative estimate of drug-likeness (QED) is 0.567. The van der Waals surface area contributed by atoms with E-state index in [0.717, 1.165) is 11.8 Å². The zero-order valence-corrected chi connectivity index (χ0v) is 13.9. The Morgan fingerprint density at radius 3 is 2.75 bits per heavy atom. The zero-order chi connectivity index (χ0) is 17.9. The lowest BCUT2D eigenvalue weighted by atomic mass is 10.00. The smallest absolute Gasteiger partial charge is 0.318 e. The summed E-state index contributed by atoms with van der Waals surface area (Å²) in [5.74, 6) is -0.366. The fourth-order valence-electron chi connectivity index (χ4n) is 2.13. The van der Waals surface area contributed by atoms with E-state index in [1.54, 1.807) is 19.1 Å². The molecule has 1 atom stereocenters. The van der Waals surface area contributed by atoms with Crippen LogP contribution in [0.1, 0.15) is 12.5 Å². The van der Waals surface area contributed by atoms with E-state index in [2.05, 4.69) is 15.8 Å². The fourth-order valence-corrected chi connectivity index (χ4v) is 3.07. The number of esters is 1. The van der Waals surface area contributed by atoms with Crippen LogP contribution in [0.15, 0.2) is 29.3 Å². The average Bonchev–Trinajstić information content (AvgIpc) is 2.56. The second-order valence-electron chi connectivity index (χ2n) is 4.91. The maximum absolute atomic E-state index is 11.6. The van der Waals surface area contributed by atoms with E-state index in [1.807, 2.05) is 0 Å². The van der Waals surface area contributed by atoms with Crippen LogP contribution in [0.4, 0.5) is 11.5 Å². The molecule has 1 aromatic heterocycles. The Morgan fingerprint density at radius 1 is 1.46 bits per heavy atom. The summed E-state index contributed by atoms with van der Waals surface area (Å²) < 4.78 is 4.68. The third-order valence-electron chi connectivity index (χ3n) is 3.30. The van der Waals surface area contributed by atoms with Gasteiger partial charge in [0.05, 0.1) is 18.4 Å². The highest BCUT2D eigenvalue weighted by Crippen LogP contribution is 2.39. The number of pyridine rings is 1. The molecule has 7 nitrogen and oxygen atoms in total. The number of carbonyl (C=O) groups is 1. The number of nitriles is 1. The molecule has 2 aromatic rings. The standard InChI is InChI=1S/C16H16N4O3S/c1-8(16(22)23-2)24-15-11(7-17)12(13(18)14(19)20-15)9-4-3-5-10(21)6-9/h3-6,8,21H,18H2,1-2H3,(H2,19,20). The lowest BCUT2D eigenvalue weighted by Crippen LogP contribution is -2.15. The molecule has 24 heavy (non-hydrogen) atoms. The van der Waals surface area contributed by atoms with Gasteiger partial charge < -0.3 is 21.3 Å². The molecule has 1 aromatic carbocycles. The summed E-state index contributed by atoms with van der Waals surface area (Å²) in [6.45, 7) is 1.64. The van der Waals surface area contributed by atoms with Gasteiger partial charge in [-0.2, -0.15) is 5.26 Å². The van der Waals surface area contributed by atoms with E-state index in [-0.39, 0.29) is 27.8 Å². The molecular formula is C16H16N4O3S. The number of ether oxygens (including phenoxy) is 1. The topological polar surface area (TPSA) is 135 Å². The van der Waals surface area contributed by atoms with E-state index in [9.17, 15) is 15.2 Å². The van der Waals surface area contributed by atoms with Gasteiger partial charge >= 0.3 is 5.97 Å². The first-order chi connectivity index (χ1) is 11.4. The molecule has 0 aliphatic rings. The second kappa shape index (κ2) is 7.10. The fraction of sp³-hybridized carbons (Fsp3) is 0.188. The first-order valence-electron chi connectivity index (χ1n) is 6.92. The van der Waals surface area contributed by atoms with Crippen molar-refractivity contribution < 1.29 is 14.6 Å². The molecule has 0 bridgehead atoms. The van der Waals surface area contributed by atoms with E-state index < -0.39 is 11.2 Å². The van der Waals surface area contributed by atoms with E-state index in [0.29, 0.717) is 11.1 Å². The van der Waals surface area contributed by atoms with Crippen LogP contribution in [0, 0.1) is 11.3 Å². The number of nitrogen functional groups attached to an aromatic ring is 2. The molecule has 0 aliphatic carbocycles. The predicted molar refractivity (Wildman–Crippen MR) is 92.2 cm³/mol. The monoisotopic (exact) mass is 344 g/mol. The lowest BCUT2D eigenvalue weighted by molar-refractivity contribution is -0.139. The number of benzene rings is 1. The van der Waals surface area contributed by atoms with Gasteiger partial charge in [-0.3, -0.25) is 4.79 Å². The first-order valence-corrected chi connectivity index (χ1v) is 7.80. The molecule has 0 radical (unpaired) electrons. The van der Waals surface area contributed by atoms with E-state index in [1.165, 1.54) is 19.2 Å². The molecule has 8 heteroatoms. The number of aromatic nitrogens is 1. The molecule has 0 aliphatic heterocycles. The predicted octanol–water partition coefficient (Wildman–Crippen LogP) is 2.14. The number of anilines is 2. The van der Waals surface area contributed by atoms with Crippen LogP contribution >= 0.6 is 11.8 Å². The Bertz CT molecular complexity index is 833. The Hall–Kier alpha value is -2.92. The van der Waals surface area contributed by atoms with E-state index in [4.69, 9.17) is 11.5 Å². The number of hydrogen-bond acceptors (Lipinski definition) is 8. The summed E-state index contributed by atoms with van der Waals surface area (Å²) in [4.78, 5) is 15.8. The number of nitrogens with two attached hydrogens (primary N) is 2. The molecule has 124 valence electrons. The lowest BCUT2D eigenvalue weighted by Gasteiger charge is -2.15. The number of thioether (sulfide) groups is 1. The Labute approximate surface area is 143 Å². The summed E-state index contributed by atoms with van der Waals surface area (Å²) >= 11 is 1.06. The maximum atomic E-state index is 11.6. The Balaban J connectivity index is 2.63. The van der Waals surface area contributed by atoms with Gasteiger partial charge in [-0.15, -0.1) is 0 Å². The Kier molecular flexibility index (Phi) is 5.16. The number of rotatable bonds is 4. The molecule has 2 rings (SSSR count). The maximum Gasteiger partial charge on any atom is 0.318 e. The van der Waals surface area contributed by atoms with Crippen LogP contribution < -0.4 is 11.5 Å². The molecule has 0 saturated carbocycles. The largest absolute Gasteiger partial charge is 0.508 e. The number of carbonyl (C=O) groups excluding carboxylic acids is 1. The van der Waals surface area contributed by atoms with Gasteiger partial charge in [-0.1, -0.05) is 23.9 Å². The van der Waals surface area contributed by atoms with Crippen LogP contribution in [-0.2, 0) is 9.53 Å². The second-order valence-corrected chi connectivity index (χ2v) is 6.24. The number of phenols is 1. The van der Waals surface area contributed by atoms with Crippen LogP contribution in [0.2, 0.25) is 0 Å². The zero-order valence-electron chi connectivity index (χ0n) is 13.1. The summed E-state index contributed by atoms with van der Waals surface area (Å²) in [6.07, 6.45) is 0. The highest BCUT2D eigenvalue weighted by molar-refractivity contribution is 8.00. The third-order valence-corrected chi connectivity index (χ3v) is 4.36. The molecular weight excluding hydrogens is 328 g/mol. The van der Waals surface area contributed by atoms with Crippen LogP contribution in [-0.4, -0.2) is 28.4 Å². The van der Waals surface area contributed by atoms with Crippen molar-refractivity contribution in [3.05, 3.63) is 29.8 Å². The number of nitrogens with zero attached hydrogens (tertiary/aromatic N) is 2. The third kappa shape index (κ3) is 3.36. The molecule has 1 unspecified atom stereocenters.